The van der Waals surface area contributed by atoms with Crippen molar-refractivity contribution in [1.82, 2.24) is 0 Å². The number of halogens is 1. The van der Waals surface area contributed by atoms with Gasteiger partial charge < -0.3 is 15.4 Å². The Morgan fingerprint density at radius 3 is 2.84 bits per heavy atom. The van der Waals surface area contributed by atoms with Gasteiger partial charge in [-0.05, 0) is 43.9 Å². The summed E-state index contributed by atoms with van der Waals surface area (Å²) in [5.41, 5.74) is 7.19. The predicted octanol–water partition coefficient (Wildman–Crippen LogP) is 2.85. The molecule has 3 nitrogen and oxygen atoms in total. The first kappa shape index (κ1) is 14.3. The zero-order valence-electron chi connectivity index (χ0n) is 11.7. The smallest absolute Gasteiger partial charge is 0.146 e. The molecule has 106 valence electrons. The van der Waals surface area contributed by atoms with E-state index in [1.165, 1.54) is 12.5 Å². The fraction of sp³-hybridized carbons (Fsp3) is 0.600. The zero-order valence-corrected chi connectivity index (χ0v) is 11.7. The number of rotatable bonds is 4. The molecule has 1 unspecified atom stereocenters. The number of nitrogens with two attached hydrogens (primary N) is 1. The van der Waals surface area contributed by atoms with Crippen molar-refractivity contribution < 1.29 is 9.13 Å². The molecule has 1 aliphatic rings. The highest BCUT2D eigenvalue weighted by Crippen LogP contribution is 2.23. The molecule has 1 saturated heterocycles. The minimum Gasteiger partial charge on any atom is -0.376 e. The molecule has 0 spiro atoms. The van der Waals surface area contributed by atoms with Gasteiger partial charge in [0, 0.05) is 26.2 Å². The van der Waals surface area contributed by atoms with Gasteiger partial charge in [-0.3, -0.25) is 0 Å². The Morgan fingerprint density at radius 1 is 1.47 bits per heavy atom. The van der Waals surface area contributed by atoms with Gasteiger partial charge in [0.25, 0.3) is 0 Å². The van der Waals surface area contributed by atoms with E-state index in [1.54, 1.807) is 6.07 Å². The molecule has 0 amide bonds. The zero-order chi connectivity index (χ0) is 13.8. The first-order valence-corrected chi connectivity index (χ1v) is 6.95. The van der Waals surface area contributed by atoms with Gasteiger partial charge in [-0.2, -0.15) is 0 Å². The third kappa shape index (κ3) is 3.67. The van der Waals surface area contributed by atoms with Crippen molar-refractivity contribution in [3.63, 3.8) is 0 Å². The SMILES string of the molecule is C[C@@H](N)c1ccc(N(C)CC2CCCCO2)c(F)c1. The molecule has 2 rings (SSSR count). The number of nitrogens with zero attached hydrogens (tertiary/aromatic N) is 1. The molecule has 0 radical (unpaired) electrons. The standard InChI is InChI=1S/C15H23FN2O/c1-11(17)12-6-7-15(14(16)9-12)18(2)10-13-5-3-4-8-19-13/h6-7,9,11,13H,3-5,8,10,17H2,1-2H3/t11-,13?/m1/s1. The molecule has 2 N–H and O–H groups in total. The first-order chi connectivity index (χ1) is 9.08. The van der Waals surface area contributed by atoms with Crippen LogP contribution in [0.2, 0.25) is 0 Å². The Bertz CT molecular complexity index is 417. The fourth-order valence-electron chi connectivity index (χ4n) is 2.47. The first-order valence-electron chi connectivity index (χ1n) is 6.95. The van der Waals surface area contributed by atoms with Gasteiger partial charge in [0.05, 0.1) is 11.8 Å². The molecule has 0 saturated carbocycles. The van der Waals surface area contributed by atoms with Crippen LogP contribution in [0.3, 0.4) is 0 Å². The summed E-state index contributed by atoms with van der Waals surface area (Å²) >= 11 is 0. The van der Waals surface area contributed by atoms with Crippen LogP contribution >= 0.6 is 0 Å². The van der Waals surface area contributed by atoms with E-state index < -0.39 is 0 Å². The van der Waals surface area contributed by atoms with Crippen LogP contribution in [-0.4, -0.2) is 26.3 Å². The quantitative estimate of drug-likeness (QED) is 0.910. The fourth-order valence-corrected chi connectivity index (χ4v) is 2.47. The summed E-state index contributed by atoms with van der Waals surface area (Å²) < 4.78 is 19.8. The Balaban J connectivity index is 2.03. The van der Waals surface area contributed by atoms with Gasteiger partial charge in [-0.25, -0.2) is 4.39 Å². The lowest BCUT2D eigenvalue weighted by atomic mass is 10.1. The summed E-state index contributed by atoms with van der Waals surface area (Å²) in [7, 11) is 1.90. The van der Waals surface area contributed by atoms with E-state index in [0.29, 0.717) is 5.69 Å². The molecule has 1 aromatic rings. The van der Waals surface area contributed by atoms with E-state index in [1.807, 2.05) is 24.9 Å². The van der Waals surface area contributed by atoms with Crippen molar-refractivity contribution in [2.45, 2.75) is 38.3 Å². The Kier molecular flexibility index (Phi) is 4.77. The predicted molar refractivity (Wildman–Crippen MR) is 75.9 cm³/mol. The topological polar surface area (TPSA) is 38.5 Å². The molecule has 0 aromatic heterocycles. The summed E-state index contributed by atoms with van der Waals surface area (Å²) in [5.74, 6) is -0.215. The molecular formula is C15H23FN2O. The average molecular weight is 266 g/mol. The number of likely N-dealkylation sites (N-methyl/N-ethyl adjacent to an activating group) is 1. The van der Waals surface area contributed by atoms with Gasteiger partial charge in [0.1, 0.15) is 5.82 Å². The van der Waals surface area contributed by atoms with Crippen LogP contribution in [0.1, 0.15) is 37.8 Å². The summed E-state index contributed by atoms with van der Waals surface area (Å²) in [6, 6.07) is 5.08. The summed E-state index contributed by atoms with van der Waals surface area (Å²) in [6.45, 7) is 3.41. The minimum atomic E-state index is -0.215. The normalized spacial score (nSPS) is 21.2. The van der Waals surface area contributed by atoms with Gasteiger partial charge in [0.15, 0.2) is 0 Å². The number of hydrogen-bond donors (Lipinski definition) is 1. The van der Waals surface area contributed by atoms with E-state index >= 15 is 0 Å². The lowest BCUT2D eigenvalue weighted by Crippen LogP contribution is -2.33. The molecule has 19 heavy (non-hydrogen) atoms. The van der Waals surface area contributed by atoms with Crippen LogP contribution in [-0.2, 0) is 4.74 Å². The van der Waals surface area contributed by atoms with Crippen LogP contribution in [0.25, 0.3) is 0 Å². The molecular weight excluding hydrogens is 243 g/mol. The van der Waals surface area contributed by atoms with E-state index in [9.17, 15) is 4.39 Å². The van der Waals surface area contributed by atoms with E-state index in [0.717, 1.165) is 31.6 Å². The molecule has 1 aromatic carbocycles. The van der Waals surface area contributed by atoms with Gasteiger partial charge >= 0.3 is 0 Å². The van der Waals surface area contributed by atoms with Crippen LogP contribution in [0.5, 0.6) is 0 Å². The third-order valence-electron chi connectivity index (χ3n) is 3.66. The maximum Gasteiger partial charge on any atom is 0.146 e. The van der Waals surface area contributed by atoms with Gasteiger partial charge in [-0.1, -0.05) is 6.07 Å². The largest absolute Gasteiger partial charge is 0.376 e. The number of anilines is 1. The molecule has 2 atom stereocenters. The third-order valence-corrected chi connectivity index (χ3v) is 3.66. The second kappa shape index (κ2) is 6.35. The Morgan fingerprint density at radius 2 is 2.26 bits per heavy atom. The van der Waals surface area contributed by atoms with Crippen molar-refractivity contribution in [1.29, 1.82) is 0 Å². The molecule has 0 aliphatic carbocycles. The van der Waals surface area contributed by atoms with Crippen molar-refractivity contribution in [3.05, 3.63) is 29.6 Å². The molecule has 4 heteroatoms. The molecule has 1 aliphatic heterocycles. The minimum absolute atomic E-state index is 0.143. The highest BCUT2D eigenvalue weighted by atomic mass is 19.1. The molecule has 1 fully saturated rings. The maximum absolute atomic E-state index is 14.1. The lowest BCUT2D eigenvalue weighted by molar-refractivity contribution is 0.0215. The van der Waals surface area contributed by atoms with Gasteiger partial charge in [0.2, 0.25) is 0 Å². The van der Waals surface area contributed by atoms with E-state index in [2.05, 4.69) is 0 Å². The second-order valence-corrected chi connectivity index (χ2v) is 5.37. The van der Waals surface area contributed by atoms with E-state index in [4.69, 9.17) is 10.5 Å². The monoisotopic (exact) mass is 266 g/mol. The summed E-state index contributed by atoms with van der Waals surface area (Å²) in [6.07, 6.45) is 3.61. The van der Waals surface area contributed by atoms with Crippen LogP contribution < -0.4 is 10.6 Å². The maximum atomic E-state index is 14.1. The lowest BCUT2D eigenvalue weighted by Gasteiger charge is -2.29. The van der Waals surface area contributed by atoms with Gasteiger partial charge in [-0.15, -0.1) is 0 Å². The number of hydrogen-bond acceptors (Lipinski definition) is 3. The highest BCUT2D eigenvalue weighted by Gasteiger charge is 2.18. The van der Waals surface area contributed by atoms with Crippen molar-refractivity contribution in [3.8, 4) is 0 Å². The van der Waals surface area contributed by atoms with Crippen molar-refractivity contribution >= 4 is 5.69 Å². The summed E-state index contributed by atoms with van der Waals surface area (Å²) in [4.78, 5) is 1.93. The highest BCUT2D eigenvalue weighted by molar-refractivity contribution is 5.49. The van der Waals surface area contributed by atoms with Crippen LogP contribution in [0.4, 0.5) is 10.1 Å². The molecule has 1 heterocycles. The molecule has 0 bridgehead atoms. The van der Waals surface area contributed by atoms with Crippen LogP contribution in [0.15, 0.2) is 18.2 Å². The second-order valence-electron chi connectivity index (χ2n) is 5.37. The Labute approximate surface area is 114 Å². The summed E-state index contributed by atoms with van der Waals surface area (Å²) in [5, 5.41) is 0. The Hall–Kier alpha value is -1.13. The average Bonchev–Trinajstić information content (AvgIpc) is 2.39. The van der Waals surface area contributed by atoms with Crippen molar-refractivity contribution in [2.24, 2.45) is 5.73 Å². The number of benzene rings is 1. The van der Waals surface area contributed by atoms with Crippen molar-refractivity contribution in [2.75, 3.05) is 25.1 Å². The van der Waals surface area contributed by atoms with E-state index in [-0.39, 0.29) is 18.0 Å². The number of ether oxygens (including phenoxy) is 1. The van der Waals surface area contributed by atoms with Crippen LogP contribution in [0, 0.1) is 5.82 Å².